The quantitative estimate of drug-likeness (QED) is 0.843. The third-order valence-electron chi connectivity index (χ3n) is 2.55. The average molecular weight is 236 g/mol. The van der Waals surface area contributed by atoms with Crippen LogP contribution in [0.25, 0.3) is 0 Å². The van der Waals surface area contributed by atoms with E-state index in [4.69, 9.17) is 5.73 Å². The average Bonchev–Trinajstić information content (AvgIpc) is 2.29. The van der Waals surface area contributed by atoms with Crippen molar-refractivity contribution in [1.82, 2.24) is 9.88 Å². The number of nitrogens with zero attached hydrogens (tertiary/aromatic N) is 3. The fourth-order valence-electron chi connectivity index (χ4n) is 1.45. The van der Waals surface area contributed by atoms with E-state index in [9.17, 15) is 4.79 Å². The van der Waals surface area contributed by atoms with Crippen molar-refractivity contribution in [2.75, 3.05) is 37.8 Å². The summed E-state index contributed by atoms with van der Waals surface area (Å²) in [5.74, 6) is 0.720. The Morgan fingerprint density at radius 3 is 2.59 bits per heavy atom. The standard InChI is InChI=1S/C12H20N4O/c1-5-16(8-11(17)15(3)4)12-10(13)7-6-9(2)14-12/h6-7H,5,8,13H2,1-4H3. The van der Waals surface area contributed by atoms with Gasteiger partial charge in [-0.3, -0.25) is 4.79 Å². The number of anilines is 2. The van der Waals surface area contributed by atoms with Gasteiger partial charge in [-0.1, -0.05) is 0 Å². The largest absolute Gasteiger partial charge is 0.396 e. The summed E-state index contributed by atoms with van der Waals surface area (Å²) >= 11 is 0. The minimum atomic E-state index is 0.0366. The third-order valence-corrected chi connectivity index (χ3v) is 2.55. The highest BCUT2D eigenvalue weighted by atomic mass is 16.2. The summed E-state index contributed by atoms with van der Waals surface area (Å²) in [5.41, 5.74) is 7.38. The van der Waals surface area contributed by atoms with Crippen molar-refractivity contribution in [3.63, 3.8) is 0 Å². The van der Waals surface area contributed by atoms with Gasteiger partial charge in [-0.15, -0.1) is 0 Å². The number of aromatic nitrogens is 1. The Bertz CT molecular complexity index is 403. The highest BCUT2D eigenvalue weighted by molar-refractivity contribution is 5.82. The van der Waals surface area contributed by atoms with Gasteiger partial charge < -0.3 is 15.5 Å². The molecule has 0 atom stereocenters. The van der Waals surface area contributed by atoms with E-state index in [1.54, 1.807) is 19.0 Å². The minimum Gasteiger partial charge on any atom is -0.396 e. The zero-order valence-corrected chi connectivity index (χ0v) is 10.9. The number of hydrogen-bond donors (Lipinski definition) is 1. The number of nitrogens with two attached hydrogens (primary N) is 1. The SMILES string of the molecule is CCN(CC(=O)N(C)C)c1nc(C)ccc1N. The van der Waals surface area contributed by atoms with E-state index >= 15 is 0 Å². The third kappa shape index (κ3) is 3.34. The zero-order valence-electron chi connectivity index (χ0n) is 10.9. The number of hydrogen-bond acceptors (Lipinski definition) is 4. The van der Waals surface area contributed by atoms with Gasteiger partial charge in [0.1, 0.15) is 0 Å². The summed E-state index contributed by atoms with van der Waals surface area (Å²) in [4.78, 5) is 19.5. The minimum absolute atomic E-state index is 0.0366. The Hall–Kier alpha value is -1.78. The normalized spacial score (nSPS) is 10.1. The molecule has 0 bridgehead atoms. The number of likely N-dealkylation sites (N-methyl/N-ethyl adjacent to an activating group) is 2. The number of carbonyl (C=O) groups excluding carboxylic acids is 1. The highest BCUT2D eigenvalue weighted by Gasteiger charge is 2.15. The molecule has 0 fully saturated rings. The van der Waals surface area contributed by atoms with E-state index in [0.717, 1.165) is 5.69 Å². The van der Waals surface area contributed by atoms with Gasteiger partial charge in [-0.05, 0) is 26.0 Å². The molecule has 5 heteroatoms. The predicted molar refractivity (Wildman–Crippen MR) is 70.0 cm³/mol. The van der Waals surface area contributed by atoms with Crippen LogP contribution >= 0.6 is 0 Å². The maximum absolute atomic E-state index is 11.7. The summed E-state index contributed by atoms with van der Waals surface area (Å²) in [7, 11) is 3.48. The van der Waals surface area contributed by atoms with Crippen molar-refractivity contribution in [2.45, 2.75) is 13.8 Å². The molecule has 0 aliphatic rings. The van der Waals surface area contributed by atoms with Gasteiger partial charge in [0, 0.05) is 26.3 Å². The predicted octanol–water partition coefficient (Wildman–Crippen LogP) is 0.887. The van der Waals surface area contributed by atoms with Gasteiger partial charge >= 0.3 is 0 Å². The summed E-state index contributed by atoms with van der Waals surface area (Å²) in [5, 5.41) is 0. The molecule has 17 heavy (non-hydrogen) atoms. The first-order valence-corrected chi connectivity index (χ1v) is 5.64. The van der Waals surface area contributed by atoms with Crippen LogP contribution in [0.2, 0.25) is 0 Å². The maximum Gasteiger partial charge on any atom is 0.241 e. The number of carbonyl (C=O) groups is 1. The molecule has 94 valence electrons. The van der Waals surface area contributed by atoms with Gasteiger partial charge in [0.25, 0.3) is 0 Å². The molecule has 0 saturated carbocycles. The van der Waals surface area contributed by atoms with E-state index in [1.807, 2.05) is 30.9 Å². The molecule has 0 saturated heterocycles. The lowest BCUT2D eigenvalue weighted by Crippen LogP contribution is -2.37. The van der Waals surface area contributed by atoms with Gasteiger partial charge in [-0.2, -0.15) is 0 Å². The van der Waals surface area contributed by atoms with Crippen LogP contribution in [0.4, 0.5) is 11.5 Å². The van der Waals surface area contributed by atoms with Gasteiger partial charge in [0.15, 0.2) is 5.82 Å². The first-order valence-electron chi connectivity index (χ1n) is 5.64. The van der Waals surface area contributed by atoms with Crippen LogP contribution in [-0.4, -0.2) is 43.0 Å². The summed E-state index contributed by atoms with van der Waals surface area (Å²) in [6.45, 7) is 4.88. The van der Waals surface area contributed by atoms with Gasteiger partial charge in [0.05, 0.1) is 12.2 Å². The molecule has 0 aliphatic carbocycles. The van der Waals surface area contributed by atoms with Gasteiger partial charge in [0.2, 0.25) is 5.91 Å². The van der Waals surface area contributed by atoms with E-state index in [-0.39, 0.29) is 5.91 Å². The number of amides is 1. The first-order chi connectivity index (χ1) is 7.95. The van der Waals surface area contributed by atoms with Crippen LogP contribution in [0, 0.1) is 6.92 Å². The lowest BCUT2D eigenvalue weighted by atomic mass is 10.3. The topological polar surface area (TPSA) is 62.5 Å². The Labute approximate surface area is 102 Å². The summed E-state index contributed by atoms with van der Waals surface area (Å²) in [6.07, 6.45) is 0. The van der Waals surface area contributed by atoms with Crippen molar-refractivity contribution in [3.8, 4) is 0 Å². The van der Waals surface area contributed by atoms with Gasteiger partial charge in [-0.25, -0.2) is 4.98 Å². The van der Waals surface area contributed by atoms with Crippen LogP contribution in [0.5, 0.6) is 0 Å². The number of nitrogen functional groups attached to an aromatic ring is 1. The molecule has 0 radical (unpaired) electrons. The summed E-state index contributed by atoms with van der Waals surface area (Å²) < 4.78 is 0. The molecule has 2 N–H and O–H groups in total. The van der Waals surface area contributed by atoms with Crippen molar-refractivity contribution >= 4 is 17.4 Å². The fourth-order valence-corrected chi connectivity index (χ4v) is 1.45. The van der Waals surface area contributed by atoms with E-state index < -0.39 is 0 Å². The number of pyridine rings is 1. The zero-order chi connectivity index (χ0) is 13.0. The molecule has 1 aromatic rings. The molecule has 0 unspecified atom stereocenters. The van der Waals surface area contributed by atoms with E-state index in [1.165, 1.54) is 0 Å². The van der Waals surface area contributed by atoms with Crippen LogP contribution in [0.15, 0.2) is 12.1 Å². The second-order valence-corrected chi connectivity index (χ2v) is 4.17. The van der Waals surface area contributed by atoms with E-state index in [2.05, 4.69) is 4.98 Å². The van der Waals surface area contributed by atoms with E-state index in [0.29, 0.717) is 24.6 Å². The Balaban J connectivity index is 2.93. The van der Waals surface area contributed by atoms with Crippen LogP contribution in [0.3, 0.4) is 0 Å². The molecule has 1 aromatic heterocycles. The molecule has 1 amide bonds. The fraction of sp³-hybridized carbons (Fsp3) is 0.500. The molecule has 5 nitrogen and oxygen atoms in total. The monoisotopic (exact) mass is 236 g/mol. The maximum atomic E-state index is 11.7. The Morgan fingerprint density at radius 1 is 1.41 bits per heavy atom. The summed E-state index contributed by atoms with van der Waals surface area (Å²) in [6, 6.07) is 3.68. The molecule has 1 rings (SSSR count). The molecular formula is C12H20N4O. The van der Waals surface area contributed by atoms with Crippen LogP contribution in [0.1, 0.15) is 12.6 Å². The number of aryl methyl sites for hydroxylation is 1. The molecule has 0 spiro atoms. The smallest absolute Gasteiger partial charge is 0.241 e. The lowest BCUT2D eigenvalue weighted by Gasteiger charge is -2.24. The molecule has 0 aliphatic heterocycles. The van der Waals surface area contributed by atoms with Crippen molar-refractivity contribution in [3.05, 3.63) is 17.8 Å². The molecular weight excluding hydrogens is 216 g/mol. The van der Waals surface area contributed by atoms with Crippen molar-refractivity contribution < 1.29 is 4.79 Å². The number of rotatable bonds is 4. The Kier molecular flexibility index (Phi) is 4.31. The first kappa shape index (κ1) is 13.3. The van der Waals surface area contributed by atoms with Crippen molar-refractivity contribution in [2.24, 2.45) is 0 Å². The lowest BCUT2D eigenvalue weighted by molar-refractivity contribution is -0.127. The van der Waals surface area contributed by atoms with Crippen LogP contribution < -0.4 is 10.6 Å². The second-order valence-electron chi connectivity index (χ2n) is 4.17. The second kappa shape index (κ2) is 5.52. The highest BCUT2D eigenvalue weighted by Crippen LogP contribution is 2.20. The van der Waals surface area contributed by atoms with Crippen molar-refractivity contribution in [1.29, 1.82) is 0 Å². The van der Waals surface area contributed by atoms with Crippen LogP contribution in [-0.2, 0) is 4.79 Å². The molecule has 0 aromatic carbocycles. The molecule has 1 heterocycles. The Morgan fingerprint density at radius 2 is 2.06 bits per heavy atom.